The number of hydrogen-bond donors (Lipinski definition) is 1. The van der Waals surface area contributed by atoms with Gasteiger partial charge in [-0.15, -0.1) is 0 Å². The number of aliphatic hydroxyl groups excluding tert-OH is 1. The first kappa shape index (κ1) is 8.50. The van der Waals surface area contributed by atoms with Gasteiger partial charge >= 0.3 is 0 Å². The Balaban J connectivity index is 3.81. The summed E-state index contributed by atoms with van der Waals surface area (Å²) in [4.78, 5) is 0. The predicted octanol–water partition coefficient (Wildman–Crippen LogP) is 1.17. The van der Waals surface area contributed by atoms with Crippen LogP contribution in [0.2, 0.25) is 0 Å². The molecule has 0 aromatic carbocycles. The third-order valence-corrected chi connectivity index (χ3v) is 1.10. The van der Waals surface area contributed by atoms with E-state index in [1.807, 2.05) is 13.8 Å². The molecule has 0 amide bonds. The van der Waals surface area contributed by atoms with Gasteiger partial charge in [0, 0.05) is 5.92 Å². The summed E-state index contributed by atoms with van der Waals surface area (Å²) in [6.07, 6.45) is 1.67. The summed E-state index contributed by atoms with van der Waals surface area (Å²) in [6.45, 7) is 4.09. The van der Waals surface area contributed by atoms with Gasteiger partial charge in [0.15, 0.2) is 0 Å². The Kier molecular flexibility index (Phi) is 4.14. The molecule has 0 aromatic heterocycles. The van der Waals surface area contributed by atoms with Gasteiger partial charge in [0.1, 0.15) is 0 Å². The van der Waals surface area contributed by atoms with Gasteiger partial charge in [0.2, 0.25) is 0 Å². The SMILES string of the molecule is CO/C(=C/CO)C(C)C. The molecular formula is C7H14O2. The van der Waals surface area contributed by atoms with E-state index in [2.05, 4.69) is 0 Å². The summed E-state index contributed by atoms with van der Waals surface area (Å²) in [7, 11) is 1.61. The molecule has 54 valence electrons. The van der Waals surface area contributed by atoms with Crippen molar-refractivity contribution in [2.75, 3.05) is 13.7 Å². The van der Waals surface area contributed by atoms with Crippen molar-refractivity contribution in [3.8, 4) is 0 Å². The second-order valence-corrected chi connectivity index (χ2v) is 2.15. The molecule has 0 aromatic rings. The van der Waals surface area contributed by atoms with Crippen molar-refractivity contribution in [3.63, 3.8) is 0 Å². The highest BCUT2D eigenvalue weighted by Gasteiger charge is 1.99. The van der Waals surface area contributed by atoms with Gasteiger partial charge in [0.05, 0.1) is 19.5 Å². The average Bonchev–Trinajstić information content (AvgIpc) is 1.82. The maximum atomic E-state index is 8.46. The lowest BCUT2D eigenvalue weighted by Gasteiger charge is -2.07. The van der Waals surface area contributed by atoms with Crippen LogP contribution >= 0.6 is 0 Å². The minimum Gasteiger partial charge on any atom is -0.501 e. The van der Waals surface area contributed by atoms with Crippen molar-refractivity contribution in [1.29, 1.82) is 0 Å². The zero-order valence-corrected chi connectivity index (χ0v) is 6.22. The van der Waals surface area contributed by atoms with E-state index in [4.69, 9.17) is 9.84 Å². The van der Waals surface area contributed by atoms with E-state index in [1.54, 1.807) is 13.2 Å². The molecule has 0 bridgehead atoms. The van der Waals surface area contributed by atoms with E-state index in [0.29, 0.717) is 5.92 Å². The third-order valence-electron chi connectivity index (χ3n) is 1.10. The maximum Gasteiger partial charge on any atom is 0.0963 e. The number of rotatable bonds is 3. The molecule has 0 aliphatic heterocycles. The highest BCUT2D eigenvalue weighted by atomic mass is 16.5. The Morgan fingerprint density at radius 2 is 2.22 bits per heavy atom. The van der Waals surface area contributed by atoms with Crippen molar-refractivity contribution in [2.24, 2.45) is 5.92 Å². The first-order chi connectivity index (χ1) is 4.22. The predicted molar refractivity (Wildman–Crippen MR) is 37.0 cm³/mol. The monoisotopic (exact) mass is 130 g/mol. The van der Waals surface area contributed by atoms with Crippen molar-refractivity contribution < 1.29 is 9.84 Å². The average molecular weight is 130 g/mol. The molecule has 0 fully saturated rings. The highest BCUT2D eigenvalue weighted by molar-refractivity contribution is 4.95. The summed E-state index contributed by atoms with van der Waals surface area (Å²) >= 11 is 0. The standard InChI is InChI=1S/C7H14O2/c1-6(2)7(9-3)4-5-8/h4,6,8H,5H2,1-3H3/b7-4+. The first-order valence-electron chi connectivity index (χ1n) is 3.07. The molecular weight excluding hydrogens is 116 g/mol. The van der Waals surface area contributed by atoms with Crippen LogP contribution in [0, 0.1) is 5.92 Å². The normalized spacial score (nSPS) is 12.3. The van der Waals surface area contributed by atoms with Crippen LogP contribution in [0.3, 0.4) is 0 Å². The van der Waals surface area contributed by atoms with E-state index in [0.717, 1.165) is 5.76 Å². The second-order valence-electron chi connectivity index (χ2n) is 2.15. The fourth-order valence-corrected chi connectivity index (χ4v) is 0.645. The Labute approximate surface area is 56.1 Å². The van der Waals surface area contributed by atoms with E-state index in [1.165, 1.54) is 0 Å². The first-order valence-corrected chi connectivity index (χ1v) is 3.07. The zero-order chi connectivity index (χ0) is 7.28. The maximum absolute atomic E-state index is 8.46. The molecule has 0 spiro atoms. The van der Waals surface area contributed by atoms with Crippen LogP contribution in [0.1, 0.15) is 13.8 Å². The molecule has 2 nitrogen and oxygen atoms in total. The van der Waals surface area contributed by atoms with Crippen molar-refractivity contribution in [1.82, 2.24) is 0 Å². The molecule has 1 N–H and O–H groups in total. The summed E-state index contributed by atoms with van der Waals surface area (Å²) in [5.41, 5.74) is 0. The number of hydrogen-bond acceptors (Lipinski definition) is 2. The largest absolute Gasteiger partial charge is 0.501 e. The lowest BCUT2D eigenvalue weighted by atomic mass is 10.2. The van der Waals surface area contributed by atoms with Crippen LogP contribution < -0.4 is 0 Å². The van der Waals surface area contributed by atoms with E-state index >= 15 is 0 Å². The van der Waals surface area contributed by atoms with E-state index in [-0.39, 0.29) is 6.61 Å². The van der Waals surface area contributed by atoms with Gasteiger partial charge in [-0.2, -0.15) is 0 Å². The van der Waals surface area contributed by atoms with Gasteiger partial charge in [0.25, 0.3) is 0 Å². The molecule has 0 unspecified atom stereocenters. The molecule has 0 aliphatic carbocycles. The van der Waals surface area contributed by atoms with Gasteiger partial charge < -0.3 is 9.84 Å². The van der Waals surface area contributed by atoms with Crippen LogP contribution in [-0.4, -0.2) is 18.8 Å². The Hall–Kier alpha value is -0.500. The second kappa shape index (κ2) is 4.39. The van der Waals surface area contributed by atoms with Crippen LogP contribution in [0.15, 0.2) is 11.8 Å². The van der Waals surface area contributed by atoms with Crippen molar-refractivity contribution >= 4 is 0 Å². The minimum absolute atomic E-state index is 0.0569. The van der Waals surface area contributed by atoms with Gasteiger partial charge in [-0.1, -0.05) is 13.8 Å². The minimum atomic E-state index is 0.0569. The van der Waals surface area contributed by atoms with Crippen LogP contribution in [-0.2, 0) is 4.74 Å². The van der Waals surface area contributed by atoms with E-state index < -0.39 is 0 Å². The lowest BCUT2D eigenvalue weighted by molar-refractivity contribution is 0.244. The number of methoxy groups -OCH3 is 1. The number of allylic oxidation sites excluding steroid dienone is 1. The fourth-order valence-electron chi connectivity index (χ4n) is 0.645. The van der Waals surface area contributed by atoms with Crippen LogP contribution in [0.5, 0.6) is 0 Å². The van der Waals surface area contributed by atoms with Gasteiger partial charge in [-0.3, -0.25) is 0 Å². The van der Waals surface area contributed by atoms with Crippen molar-refractivity contribution in [3.05, 3.63) is 11.8 Å². The Bertz CT molecular complexity index is 95.1. The summed E-state index contributed by atoms with van der Waals surface area (Å²) in [5, 5.41) is 8.46. The quantitative estimate of drug-likeness (QED) is 0.581. The summed E-state index contributed by atoms with van der Waals surface area (Å²) in [6, 6.07) is 0. The van der Waals surface area contributed by atoms with Crippen LogP contribution in [0.4, 0.5) is 0 Å². The smallest absolute Gasteiger partial charge is 0.0963 e. The molecule has 2 heteroatoms. The number of aliphatic hydroxyl groups is 1. The molecule has 0 rings (SSSR count). The molecule has 0 heterocycles. The van der Waals surface area contributed by atoms with Crippen LogP contribution in [0.25, 0.3) is 0 Å². The fraction of sp³-hybridized carbons (Fsp3) is 0.714. The number of ether oxygens (including phenoxy) is 1. The van der Waals surface area contributed by atoms with Gasteiger partial charge in [-0.05, 0) is 6.08 Å². The molecule has 0 saturated carbocycles. The Morgan fingerprint density at radius 3 is 2.33 bits per heavy atom. The molecule has 0 saturated heterocycles. The van der Waals surface area contributed by atoms with Gasteiger partial charge in [-0.25, -0.2) is 0 Å². The summed E-state index contributed by atoms with van der Waals surface area (Å²) < 4.78 is 4.95. The Morgan fingerprint density at radius 1 is 1.67 bits per heavy atom. The molecule has 0 atom stereocenters. The molecule has 0 aliphatic rings. The third kappa shape index (κ3) is 3.14. The lowest BCUT2D eigenvalue weighted by Crippen LogP contribution is -1.97. The summed E-state index contributed by atoms with van der Waals surface area (Å²) in [5.74, 6) is 1.21. The zero-order valence-electron chi connectivity index (χ0n) is 6.22. The van der Waals surface area contributed by atoms with Crippen molar-refractivity contribution in [2.45, 2.75) is 13.8 Å². The molecule has 9 heavy (non-hydrogen) atoms. The highest BCUT2D eigenvalue weighted by Crippen LogP contribution is 2.08. The van der Waals surface area contributed by atoms with E-state index in [9.17, 15) is 0 Å². The molecule has 0 radical (unpaired) electrons. The topological polar surface area (TPSA) is 29.5 Å².